The van der Waals surface area contributed by atoms with E-state index in [0.717, 1.165) is 5.01 Å². The number of hydrogen-bond donors (Lipinski definition) is 2. The monoisotopic (exact) mass is 196 g/mol. The number of aliphatic carboxylic acids is 1. The minimum Gasteiger partial charge on any atom is -0.480 e. The van der Waals surface area contributed by atoms with Gasteiger partial charge >= 0.3 is 12.1 Å². The number of rotatable bonds is 1. The summed E-state index contributed by atoms with van der Waals surface area (Å²) >= 11 is 0. The number of carbonyl (C=O) groups is 1. The highest BCUT2D eigenvalue weighted by Crippen LogP contribution is 2.31. The fraction of sp³-hybridized carbons (Fsp3) is 0.500. The number of hydrogen-bond acceptors (Lipinski definition) is 3. The van der Waals surface area contributed by atoms with Crippen molar-refractivity contribution in [3.8, 4) is 0 Å². The second kappa shape index (κ2) is 2.91. The van der Waals surface area contributed by atoms with Crippen LogP contribution in [-0.4, -0.2) is 35.4 Å². The van der Waals surface area contributed by atoms with Crippen molar-refractivity contribution >= 4 is 5.97 Å². The maximum absolute atomic E-state index is 12.1. The molecule has 2 N–H and O–H groups in total. The summed E-state index contributed by atoms with van der Waals surface area (Å²) < 4.78 is 36.4. The van der Waals surface area contributed by atoms with Gasteiger partial charge in [0.15, 0.2) is 6.04 Å². The number of hydrazine groups is 1. The maximum Gasteiger partial charge on any atom is 0.416 e. The zero-order chi connectivity index (χ0) is 10.2. The van der Waals surface area contributed by atoms with Crippen molar-refractivity contribution in [2.75, 3.05) is 7.05 Å². The Morgan fingerprint density at radius 1 is 1.69 bits per heavy atom. The Morgan fingerprint density at radius 2 is 2.23 bits per heavy atom. The molecule has 74 valence electrons. The molecule has 1 atom stereocenters. The van der Waals surface area contributed by atoms with Crippen LogP contribution in [0.1, 0.15) is 0 Å². The van der Waals surface area contributed by atoms with E-state index in [2.05, 4.69) is 5.43 Å². The first-order chi connectivity index (χ1) is 5.84. The number of carboxylic acids is 1. The van der Waals surface area contributed by atoms with Gasteiger partial charge in [0.2, 0.25) is 0 Å². The molecule has 1 rings (SSSR count). The van der Waals surface area contributed by atoms with Crippen molar-refractivity contribution in [1.82, 2.24) is 10.4 Å². The number of likely N-dealkylation sites (N-methyl/N-ethyl adjacent to an activating group) is 1. The topological polar surface area (TPSA) is 52.6 Å². The van der Waals surface area contributed by atoms with Gasteiger partial charge in [-0.25, -0.2) is 5.01 Å². The second-order valence-corrected chi connectivity index (χ2v) is 2.58. The number of halogens is 3. The van der Waals surface area contributed by atoms with Crippen LogP contribution in [0.25, 0.3) is 0 Å². The molecule has 1 heterocycles. The molecule has 1 aliphatic heterocycles. The first-order valence-corrected chi connectivity index (χ1v) is 3.33. The van der Waals surface area contributed by atoms with Crippen molar-refractivity contribution in [3.05, 3.63) is 11.8 Å². The van der Waals surface area contributed by atoms with Gasteiger partial charge in [0.25, 0.3) is 0 Å². The Bertz CT molecular complexity index is 261. The molecule has 13 heavy (non-hydrogen) atoms. The Kier molecular flexibility index (Phi) is 2.21. The van der Waals surface area contributed by atoms with Gasteiger partial charge in [0, 0.05) is 13.2 Å². The second-order valence-electron chi connectivity index (χ2n) is 2.58. The van der Waals surface area contributed by atoms with E-state index >= 15 is 0 Å². The van der Waals surface area contributed by atoms with Crippen LogP contribution in [0.5, 0.6) is 0 Å². The highest BCUT2D eigenvalue weighted by molar-refractivity contribution is 5.78. The Labute approximate surface area is 71.6 Å². The molecule has 0 spiro atoms. The van der Waals surface area contributed by atoms with E-state index in [1.807, 2.05) is 0 Å². The molecule has 0 aromatic carbocycles. The van der Waals surface area contributed by atoms with Crippen LogP contribution in [0.15, 0.2) is 11.8 Å². The zero-order valence-electron chi connectivity index (χ0n) is 6.59. The van der Waals surface area contributed by atoms with Crippen LogP contribution in [0, 0.1) is 0 Å². The molecule has 0 aliphatic carbocycles. The van der Waals surface area contributed by atoms with Gasteiger partial charge < -0.3 is 10.5 Å². The van der Waals surface area contributed by atoms with Crippen LogP contribution >= 0.6 is 0 Å². The molecule has 1 aliphatic rings. The summed E-state index contributed by atoms with van der Waals surface area (Å²) in [4.78, 5) is 10.4. The molecule has 0 bridgehead atoms. The summed E-state index contributed by atoms with van der Waals surface area (Å²) in [6.07, 6.45) is -3.96. The number of alkyl halides is 3. The summed E-state index contributed by atoms with van der Waals surface area (Å²) in [6, 6.07) is -1.67. The average Bonchev–Trinajstić information content (AvgIpc) is 2.28. The lowest BCUT2D eigenvalue weighted by Crippen LogP contribution is -2.42. The molecule has 0 fully saturated rings. The third-order valence-electron chi connectivity index (χ3n) is 1.67. The smallest absolute Gasteiger partial charge is 0.416 e. The van der Waals surface area contributed by atoms with Crippen LogP contribution in [-0.2, 0) is 4.79 Å². The lowest BCUT2D eigenvalue weighted by Gasteiger charge is -2.19. The number of nitrogens with zero attached hydrogens (tertiary/aromatic N) is 1. The van der Waals surface area contributed by atoms with Gasteiger partial charge in [-0.05, 0) is 0 Å². The Hall–Kier alpha value is -1.24. The van der Waals surface area contributed by atoms with E-state index < -0.39 is 23.8 Å². The summed E-state index contributed by atoms with van der Waals surface area (Å²) in [5, 5.41) is 9.38. The largest absolute Gasteiger partial charge is 0.480 e. The fourth-order valence-corrected chi connectivity index (χ4v) is 1.07. The van der Waals surface area contributed by atoms with Gasteiger partial charge in [-0.2, -0.15) is 13.2 Å². The van der Waals surface area contributed by atoms with Crippen LogP contribution in [0.4, 0.5) is 13.2 Å². The quantitative estimate of drug-likeness (QED) is 0.634. The Morgan fingerprint density at radius 3 is 2.54 bits per heavy atom. The standard InChI is InChI=1S/C6H7F3N2O2/c1-11-4(5(12)13)3(2-10-11)6(7,8)9/h2,4,10H,1H3,(H,12,13). The van der Waals surface area contributed by atoms with E-state index in [9.17, 15) is 18.0 Å². The van der Waals surface area contributed by atoms with Gasteiger partial charge in [0.1, 0.15) is 0 Å². The molecule has 0 aromatic heterocycles. The van der Waals surface area contributed by atoms with Crippen molar-refractivity contribution in [1.29, 1.82) is 0 Å². The first-order valence-electron chi connectivity index (χ1n) is 3.33. The first kappa shape index (κ1) is 9.85. The predicted molar refractivity (Wildman–Crippen MR) is 36.5 cm³/mol. The van der Waals surface area contributed by atoms with Crippen molar-refractivity contribution in [3.63, 3.8) is 0 Å². The SMILES string of the molecule is CN1NC=C(C(F)(F)F)C1C(=O)O. The molecule has 0 saturated heterocycles. The zero-order valence-corrected chi connectivity index (χ0v) is 6.59. The van der Waals surface area contributed by atoms with Gasteiger partial charge in [-0.1, -0.05) is 0 Å². The molecule has 0 saturated carbocycles. The molecule has 0 amide bonds. The molecule has 1 unspecified atom stereocenters. The fourth-order valence-electron chi connectivity index (χ4n) is 1.07. The lowest BCUT2D eigenvalue weighted by molar-refractivity contribution is -0.146. The van der Waals surface area contributed by atoms with E-state index in [1.54, 1.807) is 0 Å². The maximum atomic E-state index is 12.1. The van der Waals surface area contributed by atoms with Crippen LogP contribution in [0.2, 0.25) is 0 Å². The van der Waals surface area contributed by atoms with E-state index in [-0.39, 0.29) is 0 Å². The summed E-state index contributed by atoms with van der Waals surface area (Å²) in [5.74, 6) is -1.53. The normalized spacial score (nSPS) is 24.0. The van der Waals surface area contributed by atoms with Gasteiger partial charge in [0.05, 0.1) is 5.57 Å². The Balaban J connectivity index is 2.93. The molecular weight excluding hydrogens is 189 g/mol. The summed E-state index contributed by atoms with van der Waals surface area (Å²) in [5.41, 5.74) is 1.08. The van der Waals surface area contributed by atoms with Crippen molar-refractivity contribution in [2.45, 2.75) is 12.2 Å². The third kappa shape index (κ3) is 1.74. The van der Waals surface area contributed by atoms with Crippen molar-refractivity contribution < 1.29 is 23.1 Å². The number of carboxylic acid groups (broad SMARTS) is 1. The molecular formula is C6H7F3N2O2. The van der Waals surface area contributed by atoms with E-state index in [0.29, 0.717) is 6.20 Å². The predicted octanol–water partition coefficient (Wildman–Crippen LogP) is 0.336. The average molecular weight is 196 g/mol. The summed E-state index contributed by atoms with van der Waals surface area (Å²) in [6.45, 7) is 0. The molecule has 0 radical (unpaired) electrons. The van der Waals surface area contributed by atoms with E-state index in [4.69, 9.17) is 5.11 Å². The lowest BCUT2D eigenvalue weighted by atomic mass is 10.1. The van der Waals surface area contributed by atoms with E-state index in [1.165, 1.54) is 7.05 Å². The van der Waals surface area contributed by atoms with Gasteiger partial charge in [-0.3, -0.25) is 4.79 Å². The molecule has 0 aromatic rings. The minimum absolute atomic E-state index is 0.652. The highest BCUT2D eigenvalue weighted by atomic mass is 19.4. The third-order valence-corrected chi connectivity index (χ3v) is 1.67. The molecule has 4 nitrogen and oxygen atoms in total. The van der Waals surface area contributed by atoms with Crippen LogP contribution in [0.3, 0.4) is 0 Å². The van der Waals surface area contributed by atoms with Crippen LogP contribution < -0.4 is 5.43 Å². The highest BCUT2D eigenvalue weighted by Gasteiger charge is 2.46. The minimum atomic E-state index is -4.61. The molecule has 7 heteroatoms. The van der Waals surface area contributed by atoms with Gasteiger partial charge in [-0.15, -0.1) is 0 Å². The summed E-state index contributed by atoms with van der Waals surface area (Å²) in [7, 11) is 1.23. The van der Waals surface area contributed by atoms with Crippen molar-refractivity contribution in [2.24, 2.45) is 0 Å². The number of nitrogens with one attached hydrogen (secondary N) is 1.